The SMILES string of the molecule is Cc1cc(N(C)CCc2ccccc2C(=O)O)nc(C)n1. The second-order valence-corrected chi connectivity index (χ2v) is 5.05. The van der Waals surface area contributed by atoms with Crippen LogP contribution in [-0.4, -0.2) is 34.6 Å². The molecule has 110 valence electrons. The number of aromatic nitrogens is 2. The Kier molecular flexibility index (Phi) is 4.52. The van der Waals surface area contributed by atoms with Crippen molar-refractivity contribution >= 4 is 11.8 Å². The van der Waals surface area contributed by atoms with Gasteiger partial charge in [-0.1, -0.05) is 18.2 Å². The normalized spacial score (nSPS) is 10.4. The number of anilines is 1. The van der Waals surface area contributed by atoms with Crippen LogP contribution < -0.4 is 4.90 Å². The van der Waals surface area contributed by atoms with Crippen LogP contribution in [0.25, 0.3) is 0 Å². The largest absolute Gasteiger partial charge is 0.478 e. The summed E-state index contributed by atoms with van der Waals surface area (Å²) in [6, 6.07) is 9.02. The van der Waals surface area contributed by atoms with Gasteiger partial charge in [-0.15, -0.1) is 0 Å². The number of carboxylic acids is 1. The zero-order chi connectivity index (χ0) is 15.4. The Hall–Kier alpha value is -2.43. The molecule has 0 fully saturated rings. The minimum Gasteiger partial charge on any atom is -0.478 e. The average molecular weight is 285 g/mol. The first-order chi connectivity index (χ1) is 9.97. The third kappa shape index (κ3) is 3.78. The second-order valence-electron chi connectivity index (χ2n) is 5.05. The van der Waals surface area contributed by atoms with Crippen LogP contribution in [0.1, 0.15) is 27.4 Å². The molecule has 0 amide bonds. The van der Waals surface area contributed by atoms with Crippen LogP contribution in [0.5, 0.6) is 0 Å². The van der Waals surface area contributed by atoms with Gasteiger partial charge in [0.1, 0.15) is 11.6 Å². The molecule has 1 N–H and O–H groups in total. The Morgan fingerprint density at radius 1 is 1.24 bits per heavy atom. The summed E-state index contributed by atoms with van der Waals surface area (Å²) in [7, 11) is 1.95. The van der Waals surface area contributed by atoms with Crippen molar-refractivity contribution in [3.63, 3.8) is 0 Å². The van der Waals surface area contributed by atoms with Crippen LogP contribution in [-0.2, 0) is 6.42 Å². The van der Waals surface area contributed by atoms with Gasteiger partial charge in [0.2, 0.25) is 0 Å². The second kappa shape index (κ2) is 6.35. The van der Waals surface area contributed by atoms with Crippen LogP contribution in [0, 0.1) is 13.8 Å². The molecule has 0 unspecified atom stereocenters. The number of carboxylic acid groups (broad SMARTS) is 1. The van der Waals surface area contributed by atoms with E-state index in [9.17, 15) is 9.90 Å². The number of likely N-dealkylation sites (N-methyl/N-ethyl adjacent to an activating group) is 1. The van der Waals surface area contributed by atoms with E-state index in [2.05, 4.69) is 9.97 Å². The summed E-state index contributed by atoms with van der Waals surface area (Å²) in [5, 5.41) is 9.19. The predicted molar refractivity (Wildman–Crippen MR) is 81.9 cm³/mol. The summed E-state index contributed by atoms with van der Waals surface area (Å²) in [5.41, 5.74) is 2.12. The van der Waals surface area contributed by atoms with Crippen molar-refractivity contribution in [2.24, 2.45) is 0 Å². The van der Waals surface area contributed by atoms with Crippen molar-refractivity contribution in [2.75, 3.05) is 18.5 Å². The number of benzene rings is 1. The van der Waals surface area contributed by atoms with Crippen molar-refractivity contribution in [1.82, 2.24) is 9.97 Å². The van der Waals surface area contributed by atoms with Crippen molar-refractivity contribution in [3.05, 3.63) is 53.0 Å². The number of nitrogens with zero attached hydrogens (tertiary/aromatic N) is 3. The molecule has 0 saturated heterocycles. The van der Waals surface area contributed by atoms with E-state index in [0.717, 1.165) is 22.9 Å². The zero-order valence-corrected chi connectivity index (χ0v) is 12.5. The van der Waals surface area contributed by atoms with Crippen LogP contribution in [0.15, 0.2) is 30.3 Å². The molecular formula is C16H19N3O2. The number of hydrogen-bond donors (Lipinski definition) is 1. The lowest BCUT2D eigenvalue weighted by molar-refractivity contribution is 0.0695. The Morgan fingerprint density at radius 3 is 2.62 bits per heavy atom. The maximum absolute atomic E-state index is 11.2. The lowest BCUT2D eigenvalue weighted by Crippen LogP contribution is -2.22. The van der Waals surface area contributed by atoms with Gasteiger partial charge < -0.3 is 10.0 Å². The molecule has 0 atom stereocenters. The van der Waals surface area contributed by atoms with Crippen molar-refractivity contribution in [1.29, 1.82) is 0 Å². The summed E-state index contributed by atoms with van der Waals surface area (Å²) in [6.07, 6.45) is 0.654. The van der Waals surface area contributed by atoms with Crippen molar-refractivity contribution in [3.8, 4) is 0 Å². The first-order valence-corrected chi connectivity index (χ1v) is 6.82. The van der Waals surface area contributed by atoms with E-state index in [1.54, 1.807) is 12.1 Å². The first-order valence-electron chi connectivity index (χ1n) is 6.82. The molecule has 0 aliphatic rings. The molecule has 5 nitrogen and oxygen atoms in total. The van der Waals surface area contributed by atoms with E-state index >= 15 is 0 Å². The molecule has 1 aromatic heterocycles. The standard InChI is InChI=1S/C16H19N3O2/c1-11-10-15(18-12(2)17-11)19(3)9-8-13-6-4-5-7-14(13)16(20)21/h4-7,10H,8-9H2,1-3H3,(H,20,21). The molecular weight excluding hydrogens is 266 g/mol. The van der Waals surface area contributed by atoms with Gasteiger partial charge in [-0.3, -0.25) is 0 Å². The highest BCUT2D eigenvalue weighted by Gasteiger charge is 2.10. The van der Waals surface area contributed by atoms with Gasteiger partial charge >= 0.3 is 5.97 Å². The topological polar surface area (TPSA) is 66.3 Å². The Balaban J connectivity index is 2.11. The maximum atomic E-state index is 11.2. The number of carbonyl (C=O) groups is 1. The fourth-order valence-corrected chi connectivity index (χ4v) is 2.24. The molecule has 0 aliphatic heterocycles. The van der Waals surface area contributed by atoms with Gasteiger partial charge in [-0.25, -0.2) is 14.8 Å². The molecule has 0 saturated carbocycles. The minimum atomic E-state index is -0.887. The van der Waals surface area contributed by atoms with E-state index < -0.39 is 5.97 Å². The molecule has 21 heavy (non-hydrogen) atoms. The Morgan fingerprint density at radius 2 is 1.95 bits per heavy atom. The summed E-state index contributed by atoms with van der Waals surface area (Å²) in [6.45, 7) is 4.50. The summed E-state index contributed by atoms with van der Waals surface area (Å²) in [4.78, 5) is 21.9. The first kappa shape index (κ1) is 15.0. The monoisotopic (exact) mass is 285 g/mol. The van der Waals surface area contributed by atoms with E-state index in [1.165, 1.54) is 0 Å². The van der Waals surface area contributed by atoms with E-state index in [1.807, 2.05) is 44.0 Å². The van der Waals surface area contributed by atoms with Crippen molar-refractivity contribution in [2.45, 2.75) is 20.3 Å². The number of rotatable bonds is 5. The molecule has 2 aromatic rings. The molecule has 1 aromatic carbocycles. The summed E-state index contributed by atoms with van der Waals surface area (Å²) < 4.78 is 0. The third-order valence-electron chi connectivity index (χ3n) is 3.31. The molecule has 0 spiro atoms. The van der Waals surface area contributed by atoms with Gasteiger partial charge in [0, 0.05) is 25.4 Å². The molecule has 0 radical (unpaired) electrons. The highest BCUT2D eigenvalue weighted by Crippen LogP contribution is 2.14. The van der Waals surface area contributed by atoms with Crippen LogP contribution >= 0.6 is 0 Å². The summed E-state index contributed by atoms with van der Waals surface area (Å²) in [5.74, 6) is 0.706. The zero-order valence-electron chi connectivity index (χ0n) is 12.5. The van der Waals surface area contributed by atoms with Gasteiger partial charge in [0.15, 0.2) is 0 Å². The highest BCUT2D eigenvalue weighted by atomic mass is 16.4. The quantitative estimate of drug-likeness (QED) is 0.914. The van der Waals surface area contributed by atoms with E-state index in [4.69, 9.17) is 0 Å². The highest BCUT2D eigenvalue weighted by molar-refractivity contribution is 5.89. The minimum absolute atomic E-state index is 0.362. The maximum Gasteiger partial charge on any atom is 0.335 e. The summed E-state index contributed by atoms with van der Waals surface area (Å²) >= 11 is 0. The molecule has 1 heterocycles. The molecule has 5 heteroatoms. The number of hydrogen-bond acceptors (Lipinski definition) is 4. The fraction of sp³-hybridized carbons (Fsp3) is 0.312. The lowest BCUT2D eigenvalue weighted by Gasteiger charge is -2.19. The van der Waals surface area contributed by atoms with E-state index in [0.29, 0.717) is 18.5 Å². The van der Waals surface area contributed by atoms with Crippen LogP contribution in [0.4, 0.5) is 5.82 Å². The Labute approximate surface area is 124 Å². The smallest absolute Gasteiger partial charge is 0.335 e. The van der Waals surface area contributed by atoms with Gasteiger partial charge in [0.25, 0.3) is 0 Å². The predicted octanol–water partition coefficient (Wildman–Crippen LogP) is 2.47. The molecule has 2 rings (SSSR count). The molecule has 0 bridgehead atoms. The third-order valence-corrected chi connectivity index (χ3v) is 3.31. The Bertz CT molecular complexity index is 635. The van der Waals surface area contributed by atoms with Gasteiger partial charge in [-0.05, 0) is 31.9 Å². The molecule has 0 aliphatic carbocycles. The van der Waals surface area contributed by atoms with Gasteiger partial charge in [0.05, 0.1) is 5.56 Å². The van der Waals surface area contributed by atoms with Crippen LogP contribution in [0.3, 0.4) is 0 Å². The van der Waals surface area contributed by atoms with Crippen molar-refractivity contribution < 1.29 is 9.90 Å². The number of aromatic carboxylic acids is 1. The fourth-order valence-electron chi connectivity index (χ4n) is 2.24. The lowest BCUT2D eigenvalue weighted by atomic mass is 10.0. The van der Waals surface area contributed by atoms with E-state index in [-0.39, 0.29) is 0 Å². The average Bonchev–Trinajstić information content (AvgIpc) is 2.43. The van der Waals surface area contributed by atoms with Gasteiger partial charge in [-0.2, -0.15) is 0 Å². The van der Waals surface area contributed by atoms with Crippen LogP contribution in [0.2, 0.25) is 0 Å². The number of aryl methyl sites for hydroxylation is 2.